The molecular weight excluding hydrogens is 595 g/mol. The van der Waals surface area contributed by atoms with Gasteiger partial charge in [0, 0.05) is 27.9 Å². The second-order valence-electron chi connectivity index (χ2n) is 12.8. The highest BCUT2D eigenvalue weighted by Crippen LogP contribution is 2.35. The summed E-state index contributed by atoms with van der Waals surface area (Å²) in [5.41, 5.74) is 14.4. The summed E-state index contributed by atoms with van der Waals surface area (Å²) in [5, 5.41) is 5.01. The van der Waals surface area contributed by atoms with Crippen LogP contribution in [0.5, 0.6) is 0 Å². The number of para-hydroxylation sites is 1. The Morgan fingerprint density at radius 3 is 1.96 bits per heavy atom. The van der Waals surface area contributed by atoms with Crippen LogP contribution in [0.3, 0.4) is 0 Å². The SMILES string of the molecule is C1=Cc2c(n(-c3ccc(-c4cccc(-c5ccc(C6=NC(c7ccccc7)=CC(c7ccccc7)N6)cc5)c4)cc3)c3ccccc23)CC1. The monoisotopic (exact) mass is 629 g/mol. The summed E-state index contributed by atoms with van der Waals surface area (Å²) >= 11 is 0. The van der Waals surface area contributed by atoms with Crippen LogP contribution in [0.15, 0.2) is 175 Å². The van der Waals surface area contributed by atoms with Crippen molar-refractivity contribution in [2.24, 2.45) is 4.99 Å². The Morgan fingerprint density at radius 2 is 1.20 bits per heavy atom. The smallest absolute Gasteiger partial charge is 0.134 e. The number of hydrogen-bond donors (Lipinski definition) is 1. The average molecular weight is 630 g/mol. The summed E-state index contributed by atoms with van der Waals surface area (Å²) in [5.74, 6) is 0.878. The number of amidine groups is 1. The molecular formula is C46H35N3. The fourth-order valence-corrected chi connectivity index (χ4v) is 7.26. The third-order valence-electron chi connectivity index (χ3n) is 9.74. The molecule has 0 amide bonds. The van der Waals surface area contributed by atoms with Gasteiger partial charge in [-0.1, -0.05) is 146 Å². The van der Waals surface area contributed by atoms with Crippen molar-refractivity contribution >= 4 is 28.5 Å². The quantitative estimate of drug-likeness (QED) is 0.195. The minimum atomic E-state index is 0.0325. The molecule has 2 aliphatic rings. The number of aliphatic imine (C=N–C) groups is 1. The molecule has 1 N–H and O–H groups in total. The second kappa shape index (κ2) is 12.4. The van der Waals surface area contributed by atoms with E-state index in [4.69, 9.17) is 4.99 Å². The Morgan fingerprint density at radius 1 is 0.571 bits per heavy atom. The van der Waals surface area contributed by atoms with E-state index in [-0.39, 0.29) is 6.04 Å². The van der Waals surface area contributed by atoms with Gasteiger partial charge in [0.15, 0.2) is 0 Å². The van der Waals surface area contributed by atoms with Crippen LogP contribution in [0.2, 0.25) is 0 Å². The first-order valence-electron chi connectivity index (χ1n) is 17.1. The predicted octanol–water partition coefficient (Wildman–Crippen LogP) is 11.1. The minimum Gasteiger partial charge on any atom is -0.359 e. The molecule has 0 saturated heterocycles. The number of nitrogens with one attached hydrogen (secondary N) is 1. The Bertz CT molecular complexity index is 2380. The molecule has 9 rings (SSSR count). The number of benzene rings is 6. The molecule has 1 aromatic heterocycles. The minimum absolute atomic E-state index is 0.0325. The van der Waals surface area contributed by atoms with E-state index < -0.39 is 0 Å². The van der Waals surface area contributed by atoms with E-state index in [2.05, 4.69) is 180 Å². The van der Waals surface area contributed by atoms with E-state index in [9.17, 15) is 0 Å². The van der Waals surface area contributed by atoms with Crippen molar-refractivity contribution in [1.29, 1.82) is 0 Å². The third-order valence-corrected chi connectivity index (χ3v) is 9.74. The largest absolute Gasteiger partial charge is 0.359 e. The van der Waals surface area contributed by atoms with Crippen LogP contribution in [0.4, 0.5) is 0 Å². The van der Waals surface area contributed by atoms with Crippen molar-refractivity contribution in [3.05, 3.63) is 198 Å². The van der Waals surface area contributed by atoms with E-state index in [1.807, 2.05) is 6.07 Å². The van der Waals surface area contributed by atoms with Gasteiger partial charge >= 0.3 is 0 Å². The number of nitrogens with zero attached hydrogens (tertiary/aromatic N) is 2. The first kappa shape index (κ1) is 29.0. The van der Waals surface area contributed by atoms with Gasteiger partial charge in [-0.15, -0.1) is 0 Å². The van der Waals surface area contributed by atoms with Crippen molar-refractivity contribution in [2.75, 3.05) is 0 Å². The Hall–Kier alpha value is -6.19. The average Bonchev–Trinajstić information content (AvgIpc) is 3.53. The van der Waals surface area contributed by atoms with Crippen LogP contribution in [0.25, 0.3) is 50.6 Å². The van der Waals surface area contributed by atoms with Gasteiger partial charge in [-0.05, 0) is 76.6 Å². The van der Waals surface area contributed by atoms with Gasteiger partial charge in [-0.2, -0.15) is 0 Å². The fourth-order valence-electron chi connectivity index (χ4n) is 7.26. The molecule has 1 unspecified atom stereocenters. The topological polar surface area (TPSA) is 29.3 Å². The molecule has 0 fully saturated rings. The highest BCUT2D eigenvalue weighted by molar-refractivity contribution is 6.03. The van der Waals surface area contributed by atoms with Crippen LogP contribution < -0.4 is 5.32 Å². The van der Waals surface area contributed by atoms with Gasteiger partial charge < -0.3 is 9.88 Å². The normalized spacial score (nSPS) is 15.3. The van der Waals surface area contributed by atoms with Gasteiger partial charge in [-0.3, -0.25) is 0 Å². The van der Waals surface area contributed by atoms with Crippen LogP contribution in [-0.4, -0.2) is 10.4 Å². The van der Waals surface area contributed by atoms with Crippen LogP contribution in [0, 0.1) is 0 Å². The molecule has 3 nitrogen and oxygen atoms in total. The van der Waals surface area contributed by atoms with Gasteiger partial charge in [-0.25, -0.2) is 4.99 Å². The first-order chi connectivity index (χ1) is 24.3. The zero-order valence-electron chi connectivity index (χ0n) is 27.1. The van der Waals surface area contributed by atoms with Crippen molar-refractivity contribution < 1.29 is 0 Å². The highest BCUT2D eigenvalue weighted by Gasteiger charge is 2.20. The summed E-state index contributed by atoms with van der Waals surface area (Å²) in [6.07, 6.45) is 8.95. The van der Waals surface area contributed by atoms with Gasteiger partial charge in [0.25, 0.3) is 0 Å². The van der Waals surface area contributed by atoms with Crippen LogP contribution >= 0.6 is 0 Å². The highest BCUT2D eigenvalue weighted by atomic mass is 15.0. The molecule has 7 aromatic rings. The first-order valence-corrected chi connectivity index (χ1v) is 17.1. The lowest BCUT2D eigenvalue weighted by atomic mass is 9.97. The molecule has 1 atom stereocenters. The van der Waals surface area contributed by atoms with Crippen LogP contribution in [0.1, 0.15) is 40.4 Å². The molecule has 0 saturated carbocycles. The molecule has 49 heavy (non-hydrogen) atoms. The third kappa shape index (κ3) is 5.50. The standard InChI is InChI=1S/C46H35N3/c1-3-12-34(13-4-1)42-31-43(35-14-5-2-6-15-35)48-46(47-42)36-24-22-32(23-25-36)37-16-11-17-38(30-37)33-26-28-39(29-27-33)49-44-20-9-7-18-40(44)41-19-8-10-21-45(41)49/h1-9,11-20,22-31,42H,10,21H2,(H,47,48). The van der Waals surface area contributed by atoms with Gasteiger partial charge in [0.05, 0.1) is 17.3 Å². The molecule has 234 valence electrons. The summed E-state index contributed by atoms with van der Waals surface area (Å²) in [6.45, 7) is 0. The maximum atomic E-state index is 5.08. The van der Waals surface area contributed by atoms with E-state index in [1.165, 1.54) is 55.7 Å². The maximum Gasteiger partial charge on any atom is 0.134 e. The Kier molecular flexibility index (Phi) is 7.36. The number of rotatable bonds is 6. The molecule has 0 radical (unpaired) electrons. The number of allylic oxidation sites excluding steroid dienone is 1. The van der Waals surface area contributed by atoms with E-state index in [0.29, 0.717) is 0 Å². The zero-order valence-corrected chi connectivity index (χ0v) is 27.1. The van der Waals surface area contributed by atoms with Crippen molar-refractivity contribution in [1.82, 2.24) is 9.88 Å². The maximum absolute atomic E-state index is 5.08. The van der Waals surface area contributed by atoms with Crippen molar-refractivity contribution in [3.63, 3.8) is 0 Å². The Balaban J connectivity index is 0.996. The molecule has 1 aliphatic carbocycles. The molecule has 0 spiro atoms. The summed E-state index contributed by atoms with van der Waals surface area (Å²) in [4.78, 5) is 5.08. The molecule has 1 aliphatic heterocycles. The number of hydrogen-bond acceptors (Lipinski definition) is 2. The molecule has 6 aromatic carbocycles. The second-order valence-corrected chi connectivity index (χ2v) is 12.8. The summed E-state index contributed by atoms with van der Waals surface area (Å²) < 4.78 is 2.45. The lowest BCUT2D eigenvalue weighted by molar-refractivity contribution is 0.781. The number of fused-ring (bicyclic) bond motifs is 3. The lowest BCUT2D eigenvalue weighted by Crippen LogP contribution is -2.31. The van der Waals surface area contributed by atoms with E-state index in [0.717, 1.165) is 35.5 Å². The van der Waals surface area contributed by atoms with E-state index in [1.54, 1.807) is 0 Å². The zero-order chi connectivity index (χ0) is 32.6. The number of aromatic nitrogens is 1. The van der Waals surface area contributed by atoms with Crippen LogP contribution in [-0.2, 0) is 6.42 Å². The van der Waals surface area contributed by atoms with Gasteiger partial charge in [0.1, 0.15) is 5.84 Å². The van der Waals surface area contributed by atoms with Crippen molar-refractivity contribution in [3.8, 4) is 27.9 Å². The molecule has 0 bridgehead atoms. The Labute approximate surface area is 287 Å². The molecule has 2 heterocycles. The lowest BCUT2D eigenvalue weighted by Gasteiger charge is -2.24. The van der Waals surface area contributed by atoms with Crippen molar-refractivity contribution in [2.45, 2.75) is 18.9 Å². The summed E-state index contributed by atoms with van der Waals surface area (Å²) in [7, 11) is 0. The van der Waals surface area contributed by atoms with Gasteiger partial charge in [0.2, 0.25) is 0 Å². The predicted molar refractivity (Wildman–Crippen MR) is 205 cm³/mol. The summed E-state index contributed by atoms with van der Waals surface area (Å²) in [6, 6.07) is 56.4. The molecule has 3 heteroatoms. The fraction of sp³-hybridized carbons (Fsp3) is 0.0652. The van der Waals surface area contributed by atoms with E-state index >= 15 is 0 Å².